The summed E-state index contributed by atoms with van der Waals surface area (Å²) in [6, 6.07) is -0.935. The Hall–Kier alpha value is -0.650. The molecule has 0 unspecified atom stereocenters. The molecule has 5 nitrogen and oxygen atoms in total. The van der Waals surface area contributed by atoms with Crippen molar-refractivity contribution in [2.24, 2.45) is 23.1 Å². The van der Waals surface area contributed by atoms with Crippen molar-refractivity contribution < 1.29 is 9.90 Å². The van der Waals surface area contributed by atoms with Crippen LogP contribution in [0.1, 0.15) is 0 Å². The van der Waals surface area contributed by atoms with E-state index in [1.807, 2.05) is 0 Å². The Labute approximate surface area is 59.2 Å². The lowest BCUT2D eigenvalue weighted by atomic mass is 10.0. The van der Waals surface area contributed by atoms with Crippen molar-refractivity contribution >= 4 is 5.97 Å². The first-order valence-corrected chi connectivity index (χ1v) is 3.02. The van der Waals surface area contributed by atoms with E-state index in [0.29, 0.717) is 0 Å². The summed E-state index contributed by atoms with van der Waals surface area (Å²) in [5.74, 6) is -1.38. The van der Waals surface area contributed by atoms with Gasteiger partial charge in [-0.2, -0.15) is 0 Å². The fraction of sp³-hybridized carbons (Fsp3) is 0.800. The van der Waals surface area contributed by atoms with E-state index in [1.54, 1.807) is 0 Å². The van der Waals surface area contributed by atoms with Gasteiger partial charge in [0.25, 0.3) is 0 Å². The molecule has 0 radical (unpaired) electrons. The Bertz CT molecular complexity index is 113. The molecule has 0 saturated heterocycles. The van der Waals surface area contributed by atoms with Gasteiger partial charge in [-0.3, -0.25) is 4.79 Å². The average molecular weight is 147 g/mol. The molecule has 7 N–H and O–H groups in total. The summed E-state index contributed by atoms with van der Waals surface area (Å²) >= 11 is 0. The maximum atomic E-state index is 10.2. The quantitative estimate of drug-likeness (QED) is 0.364. The van der Waals surface area contributed by atoms with Gasteiger partial charge in [-0.05, 0) is 13.1 Å². The minimum absolute atomic E-state index is 0.212. The summed E-state index contributed by atoms with van der Waals surface area (Å²) in [7, 11) is 0. The van der Waals surface area contributed by atoms with E-state index < -0.39 is 12.0 Å². The Balaban J connectivity index is 3.88. The van der Waals surface area contributed by atoms with Crippen LogP contribution in [-0.2, 0) is 4.79 Å². The van der Waals surface area contributed by atoms with E-state index >= 15 is 0 Å². The average Bonchev–Trinajstić information content (AvgIpc) is 1.90. The molecule has 5 heteroatoms. The highest BCUT2D eigenvalue weighted by Crippen LogP contribution is 1.96. The van der Waals surface area contributed by atoms with Crippen LogP contribution < -0.4 is 17.2 Å². The van der Waals surface area contributed by atoms with Crippen molar-refractivity contribution in [3.63, 3.8) is 0 Å². The number of hydrogen-bond acceptors (Lipinski definition) is 4. The van der Waals surface area contributed by atoms with Gasteiger partial charge in [0.15, 0.2) is 0 Å². The first kappa shape index (κ1) is 9.35. The van der Waals surface area contributed by atoms with Crippen LogP contribution >= 0.6 is 0 Å². The van der Waals surface area contributed by atoms with Crippen LogP contribution in [0.3, 0.4) is 0 Å². The summed E-state index contributed by atoms with van der Waals surface area (Å²) in [6.45, 7) is 0.425. The van der Waals surface area contributed by atoms with Gasteiger partial charge in [-0.25, -0.2) is 0 Å². The Morgan fingerprint density at radius 2 is 1.80 bits per heavy atom. The lowest BCUT2D eigenvalue weighted by Crippen LogP contribution is -2.45. The molecule has 0 saturated carbocycles. The molecule has 0 aromatic heterocycles. The van der Waals surface area contributed by atoms with Gasteiger partial charge in [0, 0.05) is 5.92 Å². The van der Waals surface area contributed by atoms with Crippen molar-refractivity contribution in [3.8, 4) is 0 Å². The van der Waals surface area contributed by atoms with Crippen LogP contribution in [0.2, 0.25) is 0 Å². The summed E-state index contributed by atoms with van der Waals surface area (Å²) in [6.07, 6.45) is 0. The van der Waals surface area contributed by atoms with Gasteiger partial charge in [-0.1, -0.05) is 0 Å². The van der Waals surface area contributed by atoms with Gasteiger partial charge >= 0.3 is 5.97 Å². The second-order valence-electron chi connectivity index (χ2n) is 2.10. The van der Waals surface area contributed by atoms with Crippen LogP contribution in [0.25, 0.3) is 0 Å². The third kappa shape index (κ3) is 2.30. The molecule has 0 aromatic carbocycles. The Morgan fingerprint density at radius 1 is 1.40 bits per heavy atom. The number of carboxylic acid groups (broad SMARTS) is 1. The molecule has 0 spiro atoms. The highest BCUT2D eigenvalue weighted by Gasteiger charge is 2.20. The van der Waals surface area contributed by atoms with Crippen LogP contribution in [0.4, 0.5) is 0 Å². The lowest BCUT2D eigenvalue weighted by molar-refractivity contribution is -0.139. The number of rotatable bonds is 4. The minimum Gasteiger partial charge on any atom is -0.480 e. The molecule has 0 aromatic rings. The molecule has 10 heavy (non-hydrogen) atoms. The highest BCUT2D eigenvalue weighted by molar-refractivity contribution is 5.73. The molecule has 0 bridgehead atoms. The lowest BCUT2D eigenvalue weighted by Gasteiger charge is -2.15. The standard InChI is InChI=1S/C5H13N3O2/c6-1-3(2-7)4(8)5(9)10/h3-4H,1-2,6-8H2,(H,9,10)/t4-/m0/s1. The van der Waals surface area contributed by atoms with Gasteiger partial charge < -0.3 is 22.3 Å². The van der Waals surface area contributed by atoms with Gasteiger partial charge in [-0.15, -0.1) is 0 Å². The van der Waals surface area contributed by atoms with Crippen LogP contribution in [0.15, 0.2) is 0 Å². The van der Waals surface area contributed by atoms with Crippen molar-refractivity contribution in [2.45, 2.75) is 6.04 Å². The highest BCUT2D eigenvalue weighted by atomic mass is 16.4. The molecule has 0 aliphatic heterocycles. The molecule has 0 fully saturated rings. The minimum atomic E-state index is -1.05. The zero-order valence-corrected chi connectivity index (χ0v) is 5.66. The molecule has 0 heterocycles. The predicted octanol–water partition coefficient (Wildman–Crippen LogP) is -2.07. The fourth-order valence-electron chi connectivity index (χ4n) is 0.591. The first-order chi connectivity index (χ1) is 4.63. The predicted molar refractivity (Wildman–Crippen MR) is 37.2 cm³/mol. The van der Waals surface area contributed by atoms with Crippen molar-refractivity contribution in [1.29, 1.82) is 0 Å². The third-order valence-corrected chi connectivity index (χ3v) is 1.40. The molecular formula is C5H13N3O2. The maximum absolute atomic E-state index is 10.2. The van der Waals surface area contributed by atoms with E-state index in [0.717, 1.165) is 0 Å². The van der Waals surface area contributed by atoms with Crippen molar-refractivity contribution in [3.05, 3.63) is 0 Å². The van der Waals surface area contributed by atoms with E-state index in [1.165, 1.54) is 0 Å². The molecule has 0 amide bonds. The molecule has 1 atom stereocenters. The molecule has 0 aliphatic carbocycles. The summed E-state index contributed by atoms with van der Waals surface area (Å²) < 4.78 is 0. The molecule has 0 rings (SSSR count). The Morgan fingerprint density at radius 3 is 1.90 bits per heavy atom. The van der Waals surface area contributed by atoms with E-state index in [9.17, 15) is 4.79 Å². The van der Waals surface area contributed by atoms with Crippen LogP contribution in [0.5, 0.6) is 0 Å². The monoisotopic (exact) mass is 147 g/mol. The van der Waals surface area contributed by atoms with E-state index in [2.05, 4.69) is 0 Å². The summed E-state index contributed by atoms with van der Waals surface area (Å²) in [5, 5.41) is 8.38. The largest absolute Gasteiger partial charge is 0.480 e. The zero-order chi connectivity index (χ0) is 8.15. The van der Waals surface area contributed by atoms with Gasteiger partial charge in [0.2, 0.25) is 0 Å². The molecule has 0 aliphatic rings. The number of carbonyl (C=O) groups is 1. The number of nitrogens with two attached hydrogens (primary N) is 3. The Kier molecular flexibility index (Phi) is 3.94. The van der Waals surface area contributed by atoms with Crippen molar-refractivity contribution in [1.82, 2.24) is 0 Å². The van der Waals surface area contributed by atoms with E-state index in [-0.39, 0.29) is 19.0 Å². The summed E-state index contributed by atoms with van der Waals surface area (Å²) in [5.41, 5.74) is 15.6. The SMILES string of the molecule is NCC(CN)[C@H](N)C(=O)O. The van der Waals surface area contributed by atoms with Crippen LogP contribution in [-0.4, -0.2) is 30.2 Å². The topological polar surface area (TPSA) is 115 Å². The molecular weight excluding hydrogens is 134 g/mol. The van der Waals surface area contributed by atoms with Crippen LogP contribution in [0, 0.1) is 5.92 Å². The third-order valence-electron chi connectivity index (χ3n) is 1.40. The zero-order valence-electron chi connectivity index (χ0n) is 5.66. The number of carboxylic acids is 1. The fourth-order valence-corrected chi connectivity index (χ4v) is 0.591. The van der Waals surface area contributed by atoms with Gasteiger partial charge in [0.05, 0.1) is 0 Å². The number of hydrogen-bond donors (Lipinski definition) is 4. The van der Waals surface area contributed by atoms with Gasteiger partial charge in [0.1, 0.15) is 6.04 Å². The second kappa shape index (κ2) is 4.21. The maximum Gasteiger partial charge on any atom is 0.320 e. The molecule has 60 valence electrons. The smallest absolute Gasteiger partial charge is 0.320 e. The van der Waals surface area contributed by atoms with Crippen molar-refractivity contribution in [2.75, 3.05) is 13.1 Å². The first-order valence-electron chi connectivity index (χ1n) is 3.02. The second-order valence-corrected chi connectivity index (χ2v) is 2.10. The summed E-state index contributed by atoms with van der Waals surface area (Å²) in [4.78, 5) is 10.2. The number of aliphatic carboxylic acids is 1. The van der Waals surface area contributed by atoms with E-state index in [4.69, 9.17) is 22.3 Å². The normalized spacial score (nSPS) is 13.6.